The molecular formula is C49H32N4S. The van der Waals surface area contributed by atoms with Crippen LogP contribution in [0, 0.1) is 0 Å². The molecule has 0 spiro atoms. The lowest BCUT2D eigenvalue weighted by Gasteiger charge is -2.21. The molecule has 54 heavy (non-hydrogen) atoms. The first-order valence-electron chi connectivity index (χ1n) is 18.5. The van der Waals surface area contributed by atoms with Crippen molar-refractivity contribution in [2.75, 3.05) is 0 Å². The van der Waals surface area contributed by atoms with Gasteiger partial charge in [0, 0.05) is 48.3 Å². The van der Waals surface area contributed by atoms with Crippen molar-refractivity contribution >= 4 is 75.3 Å². The fraction of sp³-hybridized carbons (Fsp3) is 0.0612. The molecule has 0 unspecified atom stereocenters. The second-order valence-corrected chi connectivity index (χ2v) is 16.0. The van der Waals surface area contributed by atoms with Crippen molar-refractivity contribution in [3.05, 3.63) is 169 Å². The smallest absolute Gasteiger partial charge is 0.235 e. The summed E-state index contributed by atoms with van der Waals surface area (Å²) in [5.74, 6) is 0.678. The number of thiophene rings is 1. The number of fused-ring (bicyclic) bond motifs is 12. The van der Waals surface area contributed by atoms with Crippen LogP contribution < -0.4 is 0 Å². The number of rotatable bonds is 3. The molecule has 0 bridgehead atoms. The van der Waals surface area contributed by atoms with E-state index >= 15 is 0 Å². The normalized spacial score (nSPS) is 13.5. The zero-order valence-electron chi connectivity index (χ0n) is 29.7. The Labute approximate surface area is 315 Å². The second-order valence-electron chi connectivity index (χ2n) is 15.0. The number of benzene rings is 7. The highest BCUT2D eigenvalue weighted by Gasteiger charge is 2.37. The van der Waals surface area contributed by atoms with E-state index in [9.17, 15) is 0 Å². The Bertz CT molecular complexity index is 3360. The van der Waals surface area contributed by atoms with Gasteiger partial charge in [0.1, 0.15) is 0 Å². The van der Waals surface area contributed by atoms with Gasteiger partial charge in [-0.3, -0.25) is 4.57 Å². The van der Waals surface area contributed by atoms with E-state index in [0.29, 0.717) is 5.95 Å². The Morgan fingerprint density at radius 2 is 1.09 bits per heavy atom. The van der Waals surface area contributed by atoms with Gasteiger partial charge in [0.05, 0.1) is 38.0 Å². The zero-order chi connectivity index (χ0) is 35.7. The topological polar surface area (TPSA) is 35.6 Å². The first kappa shape index (κ1) is 30.0. The van der Waals surface area contributed by atoms with E-state index in [4.69, 9.17) is 9.97 Å². The van der Waals surface area contributed by atoms with Crippen LogP contribution in [-0.2, 0) is 5.41 Å². The number of para-hydroxylation sites is 3. The van der Waals surface area contributed by atoms with Crippen LogP contribution in [0.2, 0.25) is 0 Å². The Kier molecular flexibility index (Phi) is 5.96. The van der Waals surface area contributed by atoms with Crippen LogP contribution in [0.1, 0.15) is 25.0 Å². The van der Waals surface area contributed by atoms with Crippen molar-refractivity contribution in [1.82, 2.24) is 19.1 Å². The Hall–Kier alpha value is -6.56. The SMILES string of the molecule is CC1(C)c2ccccc2-c2c(-c3nc(-n4c5ccccc5c5cc6c7ccccc7n(-c7ccccc7)c6cc54)nc4c3sc3ccccc34)cccc21. The predicted octanol–water partition coefficient (Wildman–Crippen LogP) is 13.0. The molecule has 254 valence electrons. The minimum absolute atomic E-state index is 0.119. The van der Waals surface area contributed by atoms with Crippen molar-refractivity contribution in [2.24, 2.45) is 0 Å². The molecule has 4 heterocycles. The van der Waals surface area contributed by atoms with E-state index in [0.717, 1.165) is 49.1 Å². The summed E-state index contributed by atoms with van der Waals surface area (Å²) < 4.78 is 7.02. The highest BCUT2D eigenvalue weighted by Crippen LogP contribution is 2.53. The lowest BCUT2D eigenvalue weighted by Crippen LogP contribution is -2.14. The van der Waals surface area contributed by atoms with E-state index in [2.05, 4.69) is 181 Å². The van der Waals surface area contributed by atoms with Gasteiger partial charge in [-0.05, 0) is 64.7 Å². The van der Waals surface area contributed by atoms with Gasteiger partial charge in [-0.2, -0.15) is 0 Å². The van der Waals surface area contributed by atoms with Crippen molar-refractivity contribution in [3.8, 4) is 34.0 Å². The molecule has 1 aliphatic carbocycles. The first-order valence-corrected chi connectivity index (χ1v) is 19.3. The Morgan fingerprint density at radius 3 is 1.89 bits per heavy atom. The molecule has 7 aromatic carbocycles. The molecule has 0 atom stereocenters. The lowest BCUT2D eigenvalue weighted by atomic mass is 9.82. The van der Waals surface area contributed by atoms with Crippen LogP contribution in [0.5, 0.6) is 0 Å². The van der Waals surface area contributed by atoms with Gasteiger partial charge in [0.2, 0.25) is 5.95 Å². The molecule has 1 aliphatic rings. The molecule has 0 N–H and O–H groups in total. The summed E-state index contributed by atoms with van der Waals surface area (Å²) in [4.78, 5) is 11.2. The third-order valence-electron chi connectivity index (χ3n) is 11.8. The molecule has 0 saturated carbocycles. The first-order chi connectivity index (χ1) is 26.6. The van der Waals surface area contributed by atoms with E-state index in [1.807, 2.05) is 0 Å². The van der Waals surface area contributed by atoms with Gasteiger partial charge in [-0.1, -0.05) is 129 Å². The molecule has 0 fully saturated rings. The van der Waals surface area contributed by atoms with Crippen molar-refractivity contribution < 1.29 is 0 Å². The third-order valence-corrected chi connectivity index (χ3v) is 12.9. The highest BCUT2D eigenvalue weighted by atomic mass is 32.1. The van der Waals surface area contributed by atoms with E-state index in [-0.39, 0.29) is 5.41 Å². The fourth-order valence-electron chi connectivity index (χ4n) is 9.32. The molecular weight excluding hydrogens is 677 g/mol. The standard InChI is InChI=1S/C49H32N4S/c1-49(2)37-22-10-6-19-32(37)44-34(21-14-23-38(44)49)46-47-45(33-20-9-13-26-43(33)54-47)50-48(51-46)53-40-25-12-8-18-31(40)36-27-35-30-17-7-11-24-39(30)52(41(35)28-42(36)53)29-15-4-3-5-16-29/h3-28H,1-2H3. The molecule has 0 saturated heterocycles. The lowest BCUT2D eigenvalue weighted by molar-refractivity contribution is 0.660. The van der Waals surface area contributed by atoms with Crippen LogP contribution in [0.3, 0.4) is 0 Å². The summed E-state index contributed by atoms with van der Waals surface area (Å²) >= 11 is 1.79. The molecule has 5 heteroatoms. The maximum atomic E-state index is 5.67. The van der Waals surface area contributed by atoms with E-state index in [1.54, 1.807) is 11.3 Å². The molecule has 0 amide bonds. The van der Waals surface area contributed by atoms with Gasteiger partial charge < -0.3 is 4.57 Å². The fourth-order valence-corrected chi connectivity index (χ4v) is 10.5. The summed E-state index contributed by atoms with van der Waals surface area (Å²) in [5.41, 5.74) is 13.9. The van der Waals surface area contributed by atoms with Crippen LogP contribution in [0.15, 0.2) is 158 Å². The maximum absolute atomic E-state index is 5.67. The minimum atomic E-state index is -0.119. The van der Waals surface area contributed by atoms with Crippen LogP contribution in [0.25, 0.3) is 97.9 Å². The van der Waals surface area contributed by atoms with Crippen LogP contribution in [-0.4, -0.2) is 19.1 Å². The highest BCUT2D eigenvalue weighted by molar-refractivity contribution is 7.26. The average molecular weight is 709 g/mol. The van der Waals surface area contributed by atoms with E-state index in [1.165, 1.54) is 54.0 Å². The summed E-state index contributed by atoms with van der Waals surface area (Å²) in [7, 11) is 0. The number of aromatic nitrogens is 4. The summed E-state index contributed by atoms with van der Waals surface area (Å²) in [6.07, 6.45) is 0. The van der Waals surface area contributed by atoms with Crippen molar-refractivity contribution in [1.29, 1.82) is 0 Å². The quantitative estimate of drug-likeness (QED) is 0.183. The predicted molar refractivity (Wildman–Crippen MR) is 227 cm³/mol. The van der Waals surface area contributed by atoms with Gasteiger partial charge in [0.15, 0.2) is 0 Å². The average Bonchev–Trinajstić information content (AvgIpc) is 3.92. The van der Waals surface area contributed by atoms with Gasteiger partial charge >= 0.3 is 0 Å². The minimum Gasteiger partial charge on any atom is -0.309 e. The largest absolute Gasteiger partial charge is 0.309 e. The molecule has 11 aromatic rings. The number of nitrogens with zero attached hydrogens (tertiary/aromatic N) is 4. The summed E-state index contributed by atoms with van der Waals surface area (Å²) in [6.45, 7) is 4.69. The molecule has 0 radical (unpaired) electrons. The summed E-state index contributed by atoms with van der Waals surface area (Å²) in [5, 5.41) is 5.99. The summed E-state index contributed by atoms with van der Waals surface area (Å²) in [6, 6.07) is 57.2. The molecule has 0 aliphatic heterocycles. The Morgan fingerprint density at radius 1 is 0.481 bits per heavy atom. The van der Waals surface area contributed by atoms with Crippen LogP contribution >= 0.6 is 11.3 Å². The van der Waals surface area contributed by atoms with Crippen molar-refractivity contribution in [2.45, 2.75) is 19.3 Å². The van der Waals surface area contributed by atoms with Gasteiger partial charge in [0.25, 0.3) is 0 Å². The van der Waals surface area contributed by atoms with Crippen LogP contribution in [0.4, 0.5) is 0 Å². The maximum Gasteiger partial charge on any atom is 0.235 e. The molecule has 4 aromatic heterocycles. The molecule has 12 rings (SSSR count). The second kappa shape index (κ2) is 10.8. The number of hydrogen-bond acceptors (Lipinski definition) is 3. The molecule has 4 nitrogen and oxygen atoms in total. The monoisotopic (exact) mass is 708 g/mol. The van der Waals surface area contributed by atoms with Crippen molar-refractivity contribution in [3.63, 3.8) is 0 Å². The van der Waals surface area contributed by atoms with E-state index < -0.39 is 0 Å². The Balaban J connectivity index is 1.23. The third kappa shape index (κ3) is 3.91. The van der Waals surface area contributed by atoms with Gasteiger partial charge in [-0.25, -0.2) is 9.97 Å². The van der Waals surface area contributed by atoms with Gasteiger partial charge in [-0.15, -0.1) is 11.3 Å². The number of hydrogen-bond donors (Lipinski definition) is 0. The zero-order valence-corrected chi connectivity index (χ0v) is 30.5.